The molecule has 0 saturated carbocycles. The van der Waals surface area contributed by atoms with Gasteiger partial charge < -0.3 is 20.9 Å². The van der Waals surface area contributed by atoms with Crippen molar-refractivity contribution in [2.24, 2.45) is 5.41 Å². The van der Waals surface area contributed by atoms with Crippen LogP contribution >= 0.6 is 11.6 Å². The molecule has 4 rings (SSSR count). The van der Waals surface area contributed by atoms with E-state index in [-0.39, 0.29) is 28.5 Å². The summed E-state index contributed by atoms with van der Waals surface area (Å²) in [6.45, 7) is 5.98. The van der Waals surface area contributed by atoms with Crippen LogP contribution in [0.2, 0.25) is 5.28 Å². The maximum atomic E-state index is 13.2. The number of likely N-dealkylation sites (tertiary alicyclic amines) is 1. The summed E-state index contributed by atoms with van der Waals surface area (Å²) in [6, 6.07) is 3.97. The predicted molar refractivity (Wildman–Crippen MR) is 115 cm³/mol. The van der Waals surface area contributed by atoms with E-state index in [0.717, 1.165) is 18.7 Å². The molecule has 2 aliphatic heterocycles. The van der Waals surface area contributed by atoms with Gasteiger partial charge in [0.1, 0.15) is 5.82 Å². The molecule has 166 valence electrons. The van der Waals surface area contributed by atoms with Crippen LogP contribution in [0.4, 0.5) is 20.3 Å². The molecule has 0 aliphatic carbocycles. The lowest BCUT2D eigenvalue weighted by molar-refractivity contribution is -0.150. The molecule has 0 radical (unpaired) electrons. The lowest BCUT2D eigenvalue weighted by Gasteiger charge is -2.46. The molecular formula is C21H25ClF2N6O. The second kappa shape index (κ2) is 7.87. The number of amides is 1. The average Bonchev–Trinajstić information content (AvgIpc) is 3.09. The van der Waals surface area contributed by atoms with E-state index >= 15 is 0 Å². The Kier molecular flexibility index (Phi) is 5.51. The number of hydrogen-bond acceptors (Lipinski definition) is 6. The van der Waals surface area contributed by atoms with Crippen molar-refractivity contribution < 1.29 is 13.6 Å². The highest BCUT2D eigenvalue weighted by Crippen LogP contribution is 2.36. The molecule has 10 heteroatoms. The Hall–Kier alpha value is -2.52. The molecule has 0 bridgehead atoms. The Morgan fingerprint density at radius 3 is 2.55 bits per heavy atom. The summed E-state index contributed by atoms with van der Waals surface area (Å²) >= 11 is 6.13. The summed E-state index contributed by atoms with van der Waals surface area (Å²) in [5.41, 5.74) is 7.63. The van der Waals surface area contributed by atoms with Crippen LogP contribution in [0.5, 0.6) is 0 Å². The standard InChI is InChI=1S/C21H25ClF2N6O/c1-11(12-4-13(17(23)24)6-14(25)5-12)26-18-15-7-30(8-16(15)27-20(22)28-18)19(31)21(2)9-29(3)10-21/h4-6,11,17H,7-10,25H2,1-3H3,(H,26,27,28)/t11-/m1/s1. The van der Waals surface area contributed by atoms with Crippen LogP contribution in [0.3, 0.4) is 0 Å². The number of nitrogens with two attached hydrogens (primary N) is 1. The summed E-state index contributed by atoms with van der Waals surface area (Å²) in [5, 5.41) is 3.31. The lowest BCUT2D eigenvalue weighted by atomic mass is 9.81. The second-order valence-corrected chi connectivity index (χ2v) is 9.10. The monoisotopic (exact) mass is 450 g/mol. The largest absolute Gasteiger partial charge is 0.399 e. The normalized spacial score (nSPS) is 18.6. The number of nitrogen functional groups attached to an aromatic ring is 1. The molecule has 2 aromatic rings. The fourth-order valence-corrected chi connectivity index (χ4v) is 4.70. The van der Waals surface area contributed by atoms with Crippen molar-refractivity contribution >= 4 is 29.0 Å². The minimum absolute atomic E-state index is 0.0678. The van der Waals surface area contributed by atoms with Gasteiger partial charge in [-0.2, -0.15) is 0 Å². The van der Waals surface area contributed by atoms with Crippen LogP contribution in [0, 0.1) is 5.41 Å². The molecular weight excluding hydrogens is 426 g/mol. The summed E-state index contributed by atoms with van der Waals surface area (Å²) in [6.07, 6.45) is -2.61. The van der Waals surface area contributed by atoms with Gasteiger partial charge in [-0.15, -0.1) is 0 Å². The van der Waals surface area contributed by atoms with Gasteiger partial charge >= 0.3 is 0 Å². The number of halogens is 3. The number of alkyl halides is 2. The second-order valence-electron chi connectivity index (χ2n) is 8.76. The van der Waals surface area contributed by atoms with Gasteiger partial charge in [0.25, 0.3) is 6.43 Å². The van der Waals surface area contributed by atoms with Crippen molar-refractivity contribution in [1.29, 1.82) is 0 Å². The molecule has 31 heavy (non-hydrogen) atoms. The zero-order valence-electron chi connectivity index (χ0n) is 17.6. The summed E-state index contributed by atoms with van der Waals surface area (Å²) < 4.78 is 26.3. The number of nitrogens with zero attached hydrogens (tertiary/aromatic N) is 4. The maximum Gasteiger partial charge on any atom is 0.263 e. The average molecular weight is 451 g/mol. The quantitative estimate of drug-likeness (QED) is 0.534. The van der Waals surface area contributed by atoms with Crippen molar-refractivity contribution in [2.75, 3.05) is 31.2 Å². The first-order chi connectivity index (χ1) is 14.6. The van der Waals surface area contributed by atoms with E-state index in [1.165, 1.54) is 12.1 Å². The minimum atomic E-state index is -2.61. The fraction of sp³-hybridized carbons (Fsp3) is 0.476. The van der Waals surface area contributed by atoms with Gasteiger partial charge in [-0.1, -0.05) is 0 Å². The van der Waals surface area contributed by atoms with Crippen LogP contribution in [0.15, 0.2) is 18.2 Å². The predicted octanol–water partition coefficient (Wildman–Crippen LogP) is 3.62. The third kappa shape index (κ3) is 4.16. The molecule has 0 spiro atoms. The van der Waals surface area contributed by atoms with Gasteiger partial charge in [0.15, 0.2) is 0 Å². The Labute approximate surface area is 184 Å². The van der Waals surface area contributed by atoms with Gasteiger partial charge in [0.2, 0.25) is 11.2 Å². The molecule has 0 unspecified atom stereocenters. The molecule has 1 aromatic carbocycles. The fourth-order valence-electron chi connectivity index (χ4n) is 4.52. The smallest absolute Gasteiger partial charge is 0.263 e. The van der Waals surface area contributed by atoms with Crippen LogP contribution in [-0.2, 0) is 17.9 Å². The number of aromatic nitrogens is 2. The summed E-state index contributed by atoms with van der Waals surface area (Å²) in [7, 11) is 1.98. The van der Waals surface area contributed by atoms with Crippen LogP contribution in [-0.4, -0.2) is 45.8 Å². The number of carbonyl (C=O) groups excluding carboxylic acids is 1. The zero-order chi connectivity index (χ0) is 22.5. The molecule has 7 nitrogen and oxygen atoms in total. The van der Waals surface area contributed by atoms with E-state index in [9.17, 15) is 13.6 Å². The van der Waals surface area contributed by atoms with E-state index < -0.39 is 11.8 Å². The summed E-state index contributed by atoms with van der Waals surface area (Å²) in [4.78, 5) is 25.5. The first-order valence-corrected chi connectivity index (χ1v) is 10.4. The van der Waals surface area contributed by atoms with E-state index in [4.69, 9.17) is 17.3 Å². The van der Waals surface area contributed by atoms with E-state index in [2.05, 4.69) is 20.2 Å². The molecule has 1 aromatic heterocycles. The Morgan fingerprint density at radius 2 is 1.90 bits per heavy atom. The highest BCUT2D eigenvalue weighted by atomic mass is 35.5. The van der Waals surface area contributed by atoms with Crippen molar-refractivity contribution in [3.63, 3.8) is 0 Å². The Bertz CT molecular complexity index is 1030. The maximum absolute atomic E-state index is 13.2. The highest BCUT2D eigenvalue weighted by Gasteiger charge is 2.46. The van der Waals surface area contributed by atoms with E-state index in [0.29, 0.717) is 30.2 Å². The number of hydrogen-bond donors (Lipinski definition) is 2. The third-order valence-electron chi connectivity index (χ3n) is 5.90. The number of rotatable bonds is 5. The van der Waals surface area contributed by atoms with Crippen molar-refractivity contribution in [1.82, 2.24) is 19.8 Å². The number of anilines is 2. The van der Waals surface area contributed by atoms with E-state index in [1.807, 2.05) is 20.9 Å². The van der Waals surface area contributed by atoms with Gasteiger partial charge in [0.05, 0.1) is 30.2 Å². The Morgan fingerprint density at radius 1 is 1.23 bits per heavy atom. The third-order valence-corrected chi connectivity index (χ3v) is 6.07. The number of benzene rings is 1. The van der Waals surface area contributed by atoms with Crippen LogP contribution in [0.25, 0.3) is 0 Å². The summed E-state index contributed by atoms with van der Waals surface area (Å²) in [5.74, 6) is 0.575. The number of fused-ring (bicyclic) bond motifs is 1. The first kappa shape index (κ1) is 21.7. The van der Waals surface area contributed by atoms with Crippen molar-refractivity contribution in [2.45, 2.75) is 39.4 Å². The van der Waals surface area contributed by atoms with Crippen LogP contribution < -0.4 is 11.1 Å². The van der Waals surface area contributed by atoms with Crippen molar-refractivity contribution in [3.05, 3.63) is 45.9 Å². The van der Waals surface area contributed by atoms with Crippen LogP contribution in [0.1, 0.15) is 48.7 Å². The van der Waals surface area contributed by atoms with Crippen molar-refractivity contribution in [3.8, 4) is 0 Å². The zero-order valence-corrected chi connectivity index (χ0v) is 18.4. The molecule has 1 fully saturated rings. The van der Waals surface area contributed by atoms with Gasteiger partial charge in [-0.3, -0.25) is 4.79 Å². The van der Waals surface area contributed by atoms with Gasteiger partial charge in [0, 0.05) is 29.9 Å². The molecule has 3 N–H and O–H groups in total. The topological polar surface area (TPSA) is 87.4 Å². The van der Waals surface area contributed by atoms with Gasteiger partial charge in [-0.25, -0.2) is 18.7 Å². The molecule has 1 saturated heterocycles. The van der Waals surface area contributed by atoms with Gasteiger partial charge in [-0.05, 0) is 56.3 Å². The highest BCUT2D eigenvalue weighted by molar-refractivity contribution is 6.28. The SMILES string of the molecule is C[C@@H](Nc1nc(Cl)nc2c1CN(C(=O)C1(C)CN(C)C1)C2)c1cc(N)cc(C(F)F)c1. The molecule has 2 aliphatic rings. The Balaban J connectivity index is 1.56. The minimum Gasteiger partial charge on any atom is -0.399 e. The molecule has 3 heterocycles. The molecule has 1 atom stereocenters. The first-order valence-electron chi connectivity index (χ1n) is 10.0. The molecule has 1 amide bonds. The van der Waals surface area contributed by atoms with E-state index in [1.54, 1.807) is 11.0 Å². The lowest BCUT2D eigenvalue weighted by Crippen LogP contribution is -2.60. The number of carbonyl (C=O) groups is 1. The number of nitrogens with one attached hydrogen (secondary N) is 1.